The maximum Gasteiger partial charge on any atom is 0.339 e. The molecule has 0 aliphatic carbocycles. The molecule has 140 valence electrons. The van der Waals surface area contributed by atoms with E-state index in [1.54, 1.807) is 37.4 Å². The van der Waals surface area contributed by atoms with Gasteiger partial charge >= 0.3 is 10.1 Å². The minimum atomic E-state index is -3.99. The van der Waals surface area contributed by atoms with Crippen molar-refractivity contribution in [1.82, 2.24) is 14.9 Å². The average molecular weight is 386 g/mol. The summed E-state index contributed by atoms with van der Waals surface area (Å²) in [7, 11) is -2.56. The molecule has 0 saturated heterocycles. The molecular formula is C18H18N4O4S. The first kappa shape index (κ1) is 18.6. The SMILES string of the molecule is COc1cc(/C=N\n2cnnc2)ccc1OS(=O)(=O)c1cc(C)ccc1C. The first-order valence-electron chi connectivity index (χ1n) is 7.98. The minimum Gasteiger partial charge on any atom is -0.493 e. The fraction of sp³-hybridized carbons (Fsp3) is 0.167. The lowest BCUT2D eigenvalue weighted by atomic mass is 10.2. The van der Waals surface area contributed by atoms with Crippen molar-refractivity contribution < 1.29 is 17.3 Å². The second-order valence-electron chi connectivity index (χ2n) is 5.80. The molecule has 27 heavy (non-hydrogen) atoms. The quantitative estimate of drug-likeness (QED) is 0.477. The summed E-state index contributed by atoms with van der Waals surface area (Å²) >= 11 is 0. The third-order valence-corrected chi connectivity index (χ3v) is 5.12. The van der Waals surface area contributed by atoms with Gasteiger partial charge in [-0.3, -0.25) is 0 Å². The van der Waals surface area contributed by atoms with E-state index in [2.05, 4.69) is 15.3 Å². The number of rotatable bonds is 6. The largest absolute Gasteiger partial charge is 0.493 e. The molecule has 2 aromatic carbocycles. The molecule has 3 aromatic rings. The summed E-state index contributed by atoms with van der Waals surface area (Å²) in [6.07, 6.45) is 4.46. The summed E-state index contributed by atoms with van der Waals surface area (Å²) in [6, 6.07) is 9.99. The predicted octanol–water partition coefficient (Wildman–Crippen LogP) is 2.55. The normalized spacial score (nSPS) is 11.7. The Morgan fingerprint density at radius 3 is 2.48 bits per heavy atom. The maximum atomic E-state index is 12.7. The Kier molecular flexibility index (Phi) is 5.22. The molecular weight excluding hydrogens is 368 g/mol. The van der Waals surface area contributed by atoms with Gasteiger partial charge in [-0.05, 0) is 54.8 Å². The Morgan fingerprint density at radius 2 is 1.78 bits per heavy atom. The van der Waals surface area contributed by atoms with Crippen LogP contribution in [0.1, 0.15) is 16.7 Å². The Hall–Kier alpha value is -3.20. The van der Waals surface area contributed by atoms with E-state index in [0.29, 0.717) is 11.1 Å². The summed E-state index contributed by atoms with van der Waals surface area (Å²) in [5, 5.41) is 11.4. The van der Waals surface area contributed by atoms with Gasteiger partial charge in [0.05, 0.1) is 13.3 Å². The number of aromatic nitrogens is 3. The van der Waals surface area contributed by atoms with E-state index < -0.39 is 10.1 Å². The molecule has 0 aliphatic rings. The Morgan fingerprint density at radius 1 is 1.04 bits per heavy atom. The van der Waals surface area contributed by atoms with E-state index in [9.17, 15) is 8.42 Å². The average Bonchev–Trinajstić information content (AvgIpc) is 3.16. The first-order valence-corrected chi connectivity index (χ1v) is 9.38. The van der Waals surface area contributed by atoms with Crippen molar-refractivity contribution in [2.75, 3.05) is 7.11 Å². The van der Waals surface area contributed by atoms with E-state index >= 15 is 0 Å². The van der Waals surface area contributed by atoms with Crippen molar-refractivity contribution in [3.05, 3.63) is 65.7 Å². The highest BCUT2D eigenvalue weighted by molar-refractivity contribution is 7.87. The molecule has 0 amide bonds. The van der Waals surface area contributed by atoms with Crippen LogP contribution in [-0.2, 0) is 10.1 Å². The van der Waals surface area contributed by atoms with Crippen LogP contribution >= 0.6 is 0 Å². The van der Waals surface area contributed by atoms with E-state index in [0.717, 1.165) is 5.56 Å². The van der Waals surface area contributed by atoms with E-state index in [1.807, 2.05) is 13.0 Å². The maximum absolute atomic E-state index is 12.7. The van der Waals surface area contributed by atoms with E-state index in [1.165, 1.54) is 30.5 Å². The lowest BCUT2D eigenvalue weighted by molar-refractivity contribution is 0.390. The monoisotopic (exact) mass is 386 g/mol. The molecule has 1 heterocycles. The van der Waals surface area contributed by atoms with Gasteiger partial charge in [0.1, 0.15) is 17.6 Å². The highest BCUT2D eigenvalue weighted by Crippen LogP contribution is 2.31. The van der Waals surface area contributed by atoms with Crippen molar-refractivity contribution in [3.63, 3.8) is 0 Å². The number of ether oxygens (including phenoxy) is 1. The topological polar surface area (TPSA) is 95.7 Å². The zero-order chi connectivity index (χ0) is 19.4. The molecule has 0 bridgehead atoms. The van der Waals surface area contributed by atoms with Gasteiger partial charge in [0.2, 0.25) is 0 Å². The van der Waals surface area contributed by atoms with Crippen LogP contribution in [-0.4, -0.2) is 36.6 Å². The Balaban J connectivity index is 1.89. The summed E-state index contributed by atoms with van der Waals surface area (Å²) < 4.78 is 37.4. The van der Waals surface area contributed by atoms with Crippen molar-refractivity contribution in [1.29, 1.82) is 0 Å². The zero-order valence-electron chi connectivity index (χ0n) is 15.0. The third kappa shape index (κ3) is 4.32. The van der Waals surface area contributed by atoms with Crippen LogP contribution in [0.2, 0.25) is 0 Å². The molecule has 0 fully saturated rings. The summed E-state index contributed by atoms with van der Waals surface area (Å²) in [5.41, 5.74) is 2.13. The minimum absolute atomic E-state index is 0.0971. The Bertz CT molecular complexity index is 1080. The molecule has 3 rings (SSSR count). The van der Waals surface area contributed by atoms with Gasteiger partial charge in [-0.15, -0.1) is 10.2 Å². The Labute approximate surface area is 157 Å². The van der Waals surface area contributed by atoms with Crippen LogP contribution in [0.3, 0.4) is 0 Å². The van der Waals surface area contributed by atoms with Crippen LogP contribution in [0.15, 0.2) is 59.0 Å². The molecule has 0 unspecified atom stereocenters. The lowest BCUT2D eigenvalue weighted by Crippen LogP contribution is -2.12. The fourth-order valence-electron chi connectivity index (χ4n) is 2.36. The second-order valence-corrected chi connectivity index (χ2v) is 7.32. The number of benzene rings is 2. The van der Waals surface area contributed by atoms with Gasteiger partial charge in [0.25, 0.3) is 0 Å². The molecule has 9 heteroatoms. The summed E-state index contributed by atoms with van der Waals surface area (Å²) in [4.78, 5) is 0.128. The predicted molar refractivity (Wildman–Crippen MR) is 99.7 cm³/mol. The van der Waals surface area contributed by atoms with E-state index in [4.69, 9.17) is 8.92 Å². The lowest BCUT2D eigenvalue weighted by Gasteiger charge is -2.13. The molecule has 0 aliphatic heterocycles. The van der Waals surface area contributed by atoms with Crippen LogP contribution in [0, 0.1) is 13.8 Å². The molecule has 0 spiro atoms. The summed E-state index contributed by atoms with van der Waals surface area (Å²) in [6.45, 7) is 3.54. The fourth-order valence-corrected chi connectivity index (χ4v) is 3.62. The van der Waals surface area contributed by atoms with Gasteiger partial charge < -0.3 is 8.92 Å². The van der Waals surface area contributed by atoms with Crippen LogP contribution in [0.25, 0.3) is 0 Å². The molecule has 0 radical (unpaired) electrons. The highest BCUT2D eigenvalue weighted by atomic mass is 32.2. The number of hydrogen-bond acceptors (Lipinski definition) is 7. The number of hydrogen-bond donors (Lipinski definition) is 0. The number of methoxy groups -OCH3 is 1. The van der Waals surface area contributed by atoms with Gasteiger partial charge in [-0.1, -0.05) is 12.1 Å². The van der Waals surface area contributed by atoms with Crippen molar-refractivity contribution in [2.45, 2.75) is 18.7 Å². The zero-order valence-corrected chi connectivity index (χ0v) is 15.8. The van der Waals surface area contributed by atoms with E-state index in [-0.39, 0.29) is 16.4 Å². The standard InChI is InChI=1S/C18H18N4O4S/c1-13-4-5-14(2)18(8-13)27(23,24)26-16-7-6-15(9-17(16)25-3)10-21-22-11-19-20-12-22/h4-12H,1-3H3/b21-10-. The summed E-state index contributed by atoms with van der Waals surface area (Å²) in [5.74, 6) is 0.372. The van der Waals surface area contributed by atoms with Crippen LogP contribution < -0.4 is 8.92 Å². The first-order chi connectivity index (χ1) is 12.9. The van der Waals surface area contributed by atoms with Crippen molar-refractivity contribution >= 4 is 16.3 Å². The van der Waals surface area contributed by atoms with Crippen LogP contribution in [0.4, 0.5) is 0 Å². The number of aryl methyl sites for hydroxylation is 2. The van der Waals surface area contributed by atoms with Gasteiger partial charge in [0.15, 0.2) is 11.5 Å². The molecule has 0 N–H and O–H groups in total. The molecule has 1 aromatic heterocycles. The van der Waals surface area contributed by atoms with Crippen molar-refractivity contribution in [2.24, 2.45) is 5.10 Å². The van der Waals surface area contributed by atoms with Crippen molar-refractivity contribution in [3.8, 4) is 11.5 Å². The van der Waals surface area contributed by atoms with Crippen LogP contribution in [0.5, 0.6) is 11.5 Å². The van der Waals surface area contributed by atoms with Gasteiger partial charge in [0, 0.05) is 0 Å². The van der Waals surface area contributed by atoms with Gasteiger partial charge in [-0.25, -0.2) is 4.68 Å². The molecule has 0 atom stereocenters. The number of nitrogens with zero attached hydrogens (tertiary/aromatic N) is 4. The smallest absolute Gasteiger partial charge is 0.339 e. The molecule has 8 nitrogen and oxygen atoms in total. The van der Waals surface area contributed by atoms with Gasteiger partial charge in [-0.2, -0.15) is 13.5 Å². The second kappa shape index (κ2) is 7.58. The molecule has 0 saturated carbocycles. The highest BCUT2D eigenvalue weighted by Gasteiger charge is 2.21. The third-order valence-electron chi connectivity index (χ3n) is 3.75.